The molecule has 0 saturated heterocycles. The Labute approximate surface area is 111 Å². The minimum absolute atomic E-state index is 0.761. The van der Waals surface area contributed by atoms with Crippen LogP contribution in [0.25, 0.3) is 22.3 Å². The van der Waals surface area contributed by atoms with Crippen molar-refractivity contribution in [2.75, 3.05) is 7.11 Å². The van der Waals surface area contributed by atoms with Crippen LogP contribution < -0.4 is 4.74 Å². The van der Waals surface area contributed by atoms with E-state index in [-0.39, 0.29) is 0 Å². The number of H-pyrrole nitrogens is 1. The Hall–Kier alpha value is -2.62. The lowest BCUT2D eigenvalue weighted by molar-refractivity contribution is 0.413. The number of rotatable bonds is 3. The predicted octanol–water partition coefficient (Wildman–Crippen LogP) is 3.15. The van der Waals surface area contributed by atoms with Gasteiger partial charge in [-0.15, -0.1) is 0 Å². The number of hydrogen-bond acceptors (Lipinski definition) is 3. The number of methoxy groups -OCH3 is 1. The molecular formula is C15H13N3O. The molecule has 0 saturated carbocycles. The van der Waals surface area contributed by atoms with Crippen molar-refractivity contribution in [3.63, 3.8) is 0 Å². The molecule has 0 spiro atoms. The van der Waals surface area contributed by atoms with Gasteiger partial charge in [0.1, 0.15) is 5.75 Å². The summed E-state index contributed by atoms with van der Waals surface area (Å²) >= 11 is 0. The summed E-state index contributed by atoms with van der Waals surface area (Å²) in [4.78, 5) is 4.16. The van der Waals surface area contributed by atoms with E-state index in [0.717, 1.165) is 28.0 Å². The maximum atomic E-state index is 5.18. The molecular weight excluding hydrogens is 238 g/mol. The third kappa shape index (κ3) is 2.33. The summed E-state index contributed by atoms with van der Waals surface area (Å²) < 4.78 is 5.18. The van der Waals surface area contributed by atoms with Crippen LogP contribution in [0.5, 0.6) is 5.75 Å². The van der Waals surface area contributed by atoms with Crippen LogP contribution in [0.15, 0.2) is 55.1 Å². The van der Waals surface area contributed by atoms with Gasteiger partial charge >= 0.3 is 0 Å². The smallest absolute Gasteiger partial charge is 0.137 e. The van der Waals surface area contributed by atoms with Crippen LogP contribution in [-0.4, -0.2) is 22.3 Å². The van der Waals surface area contributed by atoms with Crippen molar-refractivity contribution < 1.29 is 4.74 Å². The van der Waals surface area contributed by atoms with E-state index in [4.69, 9.17) is 4.74 Å². The molecule has 2 aromatic heterocycles. The van der Waals surface area contributed by atoms with Crippen LogP contribution in [0, 0.1) is 0 Å². The molecule has 1 aromatic carbocycles. The van der Waals surface area contributed by atoms with Gasteiger partial charge in [-0.05, 0) is 17.2 Å². The highest BCUT2D eigenvalue weighted by Crippen LogP contribution is 2.25. The van der Waals surface area contributed by atoms with Crippen LogP contribution in [0.2, 0.25) is 0 Å². The van der Waals surface area contributed by atoms with Gasteiger partial charge in [-0.3, -0.25) is 10.1 Å². The van der Waals surface area contributed by atoms with Crippen LogP contribution in [0.3, 0.4) is 0 Å². The fourth-order valence-corrected chi connectivity index (χ4v) is 1.95. The number of pyridine rings is 1. The fraction of sp³-hybridized carbons (Fsp3) is 0.0667. The molecule has 0 radical (unpaired) electrons. The Bertz CT molecular complexity index is 660. The first-order valence-corrected chi connectivity index (χ1v) is 5.95. The lowest BCUT2D eigenvalue weighted by Gasteiger charge is -2.05. The van der Waals surface area contributed by atoms with Gasteiger partial charge in [0.25, 0.3) is 0 Å². The third-order valence-corrected chi connectivity index (χ3v) is 3.00. The first-order valence-electron chi connectivity index (χ1n) is 5.95. The van der Waals surface area contributed by atoms with Crippen LogP contribution >= 0.6 is 0 Å². The zero-order valence-electron chi connectivity index (χ0n) is 10.5. The Morgan fingerprint density at radius 2 is 1.63 bits per heavy atom. The fourth-order valence-electron chi connectivity index (χ4n) is 1.95. The number of ether oxygens (including phenoxy) is 1. The third-order valence-electron chi connectivity index (χ3n) is 3.00. The molecule has 0 fully saturated rings. The monoisotopic (exact) mass is 251 g/mol. The summed E-state index contributed by atoms with van der Waals surface area (Å²) in [6.45, 7) is 0. The number of nitrogens with zero attached hydrogens (tertiary/aromatic N) is 2. The van der Waals surface area contributed by atoms with Crippen molar-refractivity contribution >= 4 is 0 Å². The molecule has 2 heterocycles. The second-order valence-electron chi connectivity index (χ2n) is 4.18. The molecule has 94 valence electrons. The Morgan fingerprint density at radius 3 is 2.26 bits per heavy atom. The summed E-state index contributed by atoms with van der Waals surface area (Å²) in [7, 11) is 1.64. The molecule has 0 bridgehead atoms. The van der Waals surface area contributed by atoms with Crippen molar-refractivity contribution in [2.24, 2.45) is 0 Å². The van der Waals surface area contributed by atoms with Crippen LogP contribution in [0.4, 0.5) is 0 Å². The average molecular weight is 251 g/mol. The standard InChI is InChI=1S/C15H13N3O/c1-19-15-6-13(7-16-10-15)11-2-4-12(5-3-11)14-8-17-18-9-14/h2-10H,1H3,(H,17,18). The SMILES string of the molecule is COc1cncc(-c2ccc(-c3cn[nH]c3)cc2)c1. The van der Waals surface area contributed by atoms with Crippen LogP contribution in [0.1, 0.15) is 0 Å². The quantitative estimate of drug-likeness (QED) is 0.778. The average Bonchev–Trinajstić information content (AvgIpc) is 3.02. The van der Waals surface area contributed by atoms with Gasteiger partial charge in [0, 0.05) is 23.5 Å². The normalized spacial score (nSPS) is 10.4. The molecule has 3 aromatic rings. The Morgan fingerprint density at radius 1 is 0.895 bits per heavy atom. The van der Waals surface area contributed by atoms with Crippen molar-refractivity contribution in [1.29, 1.82) is 0 Å². The van der Waals surface area contributed by atoms with Gasteiger partial charge in [0.2, 0.25) is 0 Å². The summed E-state index contributed by atoms with van der Waals surface area (Å²) in [5, 5.41) is 6.76. The Kier molecular flexibility index (Phi) is 2.98. The number of aromatic amines is 1. The molecule has 0 amide bonds. The second-order valence-corrected chi connectivity index (χ2v) is 4.18. The van der Waals surface area contributed by atoms with E-state index in [1.807, 2.05) is 24.7 Å². The molecule has 0 aliphatic carbocycles. The molecule has 0 atom stereocenters. The second kappa shape index (κ2) is 4.94. The summed E-state index contributed by atoms with van der Waals surface area (Å²) in [6, 6.07) is 10.2. The van der Waals surface area contributed by atoms with Gasteiger partial charge < -0.3 is 4.74 Å². The number of nitrogens with one attached hydrogen (secondary N) is 1. The maximum absolute atomic E-state index is 5.18. The molecule has 0 unspecified atom stereocenters. The molecule has 4 nitrogen and oxygen atoms in total. The number of benzene rings is 1. The predicted molar refractivity (Wildman–Crippen MR) is 73.8 cm³/mol. The molecule has 19 heavy (non-hydrogen) atoms. The molecule has 3 rings (SSSR count). The van der Waals surface area contributed by atoms with Gasteiger partial charge in [-0.2, -0.15) is 5.10 Å². The molecule has 1 N–H and O–H groups in total. The highest BCUT2D eigenvalue weighted by Gasteiger charge is 2.02. The van der Waals surface area contributed by atoms with E-state index < -0.39 is 0 Å². The van der Waals surface area contributed by atoms with E-state index in [1.54, 1.807) is 13.3 Å². The molecule has 4 heteroatoms. The summed E-state index contributed by atoms with van der Waals surface area (Å²) in [5.74, 6) is 0.761. The Balaban J connectivity index is 1.94. The maximum Gasteiger partial charge on any atom is 0.137 e. The molecule has 0 aliphatic rings. The van der Waals surface area contributed by atoms with Gasteiger partial charge in [-0.1, -0.05) is 24.3 Å². The van der Waals surface area contributed by atoms with E-state index in [0.29, 0.717) is 0 Å². The van der Waals surface area contributed by atoms with Crippen LogP contribution in [-0.2, 0) is 0 Å². The zero-order chi connectivity index (χ0) is 13.1. The van der Waals surface area contributed by atoms with Crippen molar-refractivity contribution in [2.45, 2.75) is 0 Å². The lowest BCUT2D eigenvalue weighted by Crippen LogP contribution is -1.86. The zero-order valence-corrected chi connectivity index (χ0v) is 10.5. The van der Waals surface area contributed by atoms with E-state index in [1.165, 1.54) is 0 Å². The minimum atomic E-state index is 0.761. The first kappa shape index (κ1) is 11.5. The van der Waals surface area contributed by atoms with Crippen molar-refractivity contribution in [3.8, 4) is 28.0 Å². The lowest BCUT2D eigenvalue weighted by atomic mass is 10.0. The molecule has 0 aliphatic heterocycles. The number of aromatic nitrogens is 3. The number of hydrogen-bond donors (Lipinski definition) is 1. The van der Waals surface area contributed by atoms with Crippen molar-refractivity contribution in [1.82, 2.24) is 15.2 Å². The van der Waals surface area contributed by atoms with Gasteiger partial charge in [0.05, 0.1) is 19.5 Å². The van der Waals surface area contributed by atoms with E-state index in [9.17, 15) is 0 Å². The van der Waals surface area contributed by atoms with Crippen molar-refractivity contribution in [3.05, 3.63) is 55.1 Å². The summed E-state index contributed by atoms with van der Waals surface area (Å²) in [6.07, 6.45) is 7.21. The highest BCUT2D eigenvalue weighted by molar-refractivity contribution is 5.69. The topological polar surface area (TPSA) is 50.8 Å². The minimum Gasteiger partial charge on any atom is -0.495 e. The van der Waals surface area contributed by atoms with Gasteiger partial charge in [-0.25, -0.2) is 0 Å². The highest BCUT2D eigenvalue weighted by atomic mass is 16.5. The van der Waals surface area contributed by atoms with Gasteiger partial charge in [0.15, 0.2) is 0 Å². The largest absolute Gasteiger partial charge is 0.495 e. The van der Waals surface area contributed by atoms with E-state index in [2.05, 4.69) is 39.4 Å². The first-order chi connectivity index (χ1) is 9.36. The summed E-state index contributed by atoms with van der Waals surface area (Å²) in [5.41, 5.74) is 4.36. The van der Waals surface area contributed by atoms with E-state index >= 15 is 0 Å².